The lowest BCUT2D eigenvalue weighted by atomic mass is 10.0. The number of benzene rings is 3. The van der Waals surface area contributed by atoms with E-state index in [9.17, 15) is 9.59 Å². The Morgan fingerprint density at radius 2 is 1.50 bits per heavy atom. The number of nitrogens with zero attached hydrogens (tertiary/aromatic N) is 3. The van der Waals surface area contributed by atoms with E-state index >= 15 is 0 Å². The third-order valence-electron chi connectivity index (χ3n) is 7.56. The van der Waals surface area contributed by atoms with Gasteiger partial charge in [0.2, 0.25) is 5.91 Å². The number of carbonyl (C=O) groups excluding carboxylic acids is 1. The maximum Gasteiger partial charge on any atom is 0.255 e. The molecule has 2 aromatic heterocycles. The van der Waals surface area contributed by atoms with Crippen LogP contribution in [-0.2, 0) is 24.3 Å². The first-order valence-electron chi connectivity index (χ1n) is 14.9. The zero-order valence-electron chi connectivity index (χ0n) is 25.9. The Balaban J connectivity index is 0.000000972. The van der Waals surface area contributed by atoms with Gasteiger partial charge in [-0.3, -0.25) is 19.1 Å². The molecule has 0 saturated heterocycles. The van der Waals surface area contributed by atoms with E-state index in [1.54, 1.807) is 10.6 Å². The first kappa shape index (κ1) is 30.4. The highest BCUT2D eigenvalue weighted by molar-refractivity contribution is 6.04. The van der Waals surface area contributed by atoms with Gasteiger partial charge in [-0.05, 0) is 79.8 Å². The zero-order chi connectivity index (χ0) is 30.4. The fraction of sp³-hybridized carbons (Fsp3) is 0.270. The van der Waals surface area contributed by atoms with Gasteiger partial charge in [0.15, 0.2) is 0 Å². The monoisotopic (exact) mass is 559 g/mol. The SMILES string of the molecule is CC.CC.CC(C)=C(C)C(=O)N1Cc2ccc(-n3c(=O)ccc4cnc5ccc(Cc6ccccc6)cc5c43)cc2C1. The average molecular weight is 560 g/mol. The molecule has 0 fully saturated rings. The molecular formula is C37H41N3O2. The van der Waals surface area contributed by atoms with Crippen molar-refractivity contribution in [1.82, 2.24) is 14.5 Å². The summed E-state index contributed by atoms with van der Waals surface area (Å²) >= 11 is 0. The lowest BCUT2D eigenvalue weighted by Crippen LogP contribution is -2.26. The Labute approximate surface area is 249 Å². The van der Waals surface area contributed by atoms with Gasteiger partial charge in [0.05, 0.1) is 11.0 Å². The molecule has 1 aliphatic heterocycles. The summed E-state index contributed by atoms with van der Waals surface area (Å²) in [6.45, 7) is 14.9. The minimum Gasteiger partial charge on any atom is -0.330 e. The van der Waals surface area contributed by atoms with Gasteiger partial charge in [-0.25, -0.2) is 0 Å². The van der Waals surface area contributed by atoms with Crippen LogP contribution in [0.3, 0.4) is 0 Å². The van der Waals surface area contributed by atoms with E-state index in [1.165, 1.54) is 11.1 Å². The summed E-state index contributed by atoms with van der Waals surface area (Å²) in [5, 5.41) is 1.86. The summed E-state index contributed by atoms with van der Waals surface area (Å²) in [5.74, 6) is 0.0630. The molecule has 3 heterocycles. The maximum atomic E-state index is 13.4. The molecule has 0 N–H and O–H groups in total. The van der Waals surface area contributed by atoms with Gasteiger partial charge < -0.3 is 4.90 Å². The van der Waals surface area contributed by atoms with E-state index in [1.807, 2.05) is 89.9 Å². The molecule has 216 valence electrons. The van der Waals surface area contributed by atoms with Gasteiger partial charge in [-0.15, -0.1) is 0 Å². The highest BCUT2D eigenvalue weighted by Crippen LogP contribution is 2.30. The first-order chi connectivity index (χ1) is 20.4. The average Bonchev–Trinajstić information content (AvgIpc) is 3.46. The van der Waals surface area contributed by atoms with Crippen LogP contribution in [0.2, 0.25) is 0 Å². The van der Waals surface area contributed by atoms with Crippen LogP contribution in [-0.4, -0.2) is 20.4 Å². The summed E-state index contributed by atoms with van der Waals surface area (Å²) in [5.41, 5.74) is 8.82. The van der Waals surface area contributed by atoms with Crippen LogP contribution in [0.4, 0.5) is 0 Å². The molecule has 1 amide bonds. The Hall–Kier alpha value is -4.51. The normalized spacial score (nSPS) is 11.7. The quantitative estimate of drug-likeness (QED) is 0.164. The van der Waals surface area contributed by atoms with Gasteiger partial charge in [-0.1, -0.05) is 75.7 Å². The van der Waals surface area contributed by atoms with Crippen molar-refractivity contribution in [2.75, 3.05) is 0 Å². The number of allylic oxidation sites excluding steroid dienone is 1. The number of hydrogen-bond donors (Lipinski definition) is 0. The minimum atomic E-state index is -0.0928. The predicted molar refractivity (Wildman–Crippen MR) is 175 cm³/mol. The van der Waals surface area contributed by atoms with Crippen molar-refractivity contribution >= 4 is 27.7 Å². The summed E-state index contributed by atoms with van der Waals surface area (Å²) in [7, 11) is 0. The molecule has 0 bridgehead atoms. The van der Waals surface area contributed by atoms with Crippen LogP contribution in [0, 0.1) is 0 Å². The van der Waals surface area contributed by atoms with Crippen LogP contribution >= 0.6 is 0 Å². The van der Waals surface area contributed by atoms with E-state index in [0.29, 0.717) is 13.1 Å². The largest absolute Gasteiger partial charge is 0.330 e. The van der Waals surface area contributed by atoms with Gasteiger partial charge in [-0.2, -0.15) is 0 Å². The summed E-state index contributed by atoms with van der Waals surface area (Å²) in [6.07, 6.45) is 2.64. The third kappa shape index (κ3) is 6.06. The van der Waals surface area contributed by atoms with Crippen LogP contribution < -0.4 is 5.56 Å². The molecule has 5 nitrogen and oxygen atoms in total. The Kier molecular flexibility index (Phi) is 9.74. The Morgan fingerprint density at radius 3 is 2.21 bits per heavy atom. The van der Waals surface area contributed by atoms with E-state index in [2.05, 4.69) is 47.4 Å². The second-order valence-electron chi connectivity index (χ2n) is 10.3. The van der Waals surface area contributed by atoms with Gasteiger partial charge >= 0.3 is 0 Å². The van der Waals surface area contributed by atoms with Crippen molar-refractivity contribution in [3.63, 3.8) is 0 Å². The number of carbonyl (C=O) groups is 1. The lowest BCUT2D eigenvalue weighted by Gasteiger charge is -2.16. The zero-order valence-corrected chi connectivity index (χ0v) is 25.9. The van der Waals surface area contributed by atoms with E-state index in [0.717, 1.165) is 56.2 Å². The maximum absolute atomic E-state index is 13.4. The summed E-state index contributed by atoms with van der Waals surface area (Å²) in [4.78, 5) is 32.9. The molecule has 1 aliphatic rings. The van der Waals surface area contributed by atoms with Crippen LogP contribution in [0.25, 0.3) is 27.5 Å². The van der Waals surface area contributed by atoms with Crippen LogP contribution in [0.15, 0.2) is 101 Å². The summed E-state index contributed by atoms with van der Waals surface area (Å²) in [6, 6.07) is 26.2. The topological polar surface area (TPSA) is 55.2 Å². The van der Waals surface area contributed by atoms with Crippen molar-refractivity contribution in [3.8, 4) is 5.69 Å². The molecule has 3 aromatic carbocycles. The molecule has 0 spiro atoms. The van der Waals surface area contributed by atoms with Gasteiger partial charge in [0, 0.05) is 47.4 Å². The number of amides is 1. The highest BCUT2D eigenvalue weighted by atomic mass is 16.2. The standard InChI is InChI=1S/C33H29N3O2.2C2H6/c1-21(2)22(3)33(38)35-19-26-10-12-28(17-27(26)20-35)36-31(37)14-11-25-18-34-30-13-9-24(16-29(30)32(25)36)15-23-7-5-4-6-8-23;2*1-2/h4-14,16-18H,15,19-20H2,1-3H3;2*1-2H3. The highest BCUT2D eigenvalue weighted by Gasteiger charge is 2.25. The molecule has 0 atom stereocenters. The van der Waals surface area contributed by atoms with E-state index in [4.69, 9.17) is 0 Å². The fourth-order valence-electron chi connectivity index (χ4n) is 5.27. The molecule has 5 aromatic rings. The van der Waals surface area contributed by atoms with Crippen LogP contribution in [0.1, 0.15) is 70.7 Å². The molecule has 0 aliphatic carbocycles. The van der Waals surface area contributed by atoms with Crippen molar-refractivity contribution < 1.29 is 4.79 Å². The number of pyridine rings is 2. The van der Waals surface area contributed by atoms with Crippen molar-refractivity contribution in [2.45, 2.75) is 68.0 Å². The molecular weight excluding hydrogens is 518 g/mol. The molecule has 5 heteroatoms. The van der Waals surface area contributed by atoms with Gasteiger partial charge in [0.25, 0.3) is 5.56 Å². The number of hydrogen-bond acceptors (Lipinski definition) is 3. The smallest absolute Gasteiger partial charge is 0.255 e. The molecule has 0 unspecified atom stereocenters. The predicted octanol–water partition coefficient (Wildman–Crippen LogP) is 8.38. The number of fused-ring (bicyclic) bond motifs is 4. The number of aromatic nitrogens is 2. The minimum absolute atomic E-state index is 0.0630. The van der Waals surface area contributed by atoms with E-state index < -0.39 is 0 Å². The van der Waals surface area contributed by atoms with Gasteiger partial charge in [0.1, 0.15) is 0 Å². The molecule has 6 rings (SSSR count). The lowest BCUT2D eigenvalue weighted by molar-refractivity contribution is -0.127. The van der Waals surface area contributed by atoms with E-state index in [-0.39, 0.29) is 11.5 Å². The Bertz CT molecular complexity index is 1810. The van der Waals surface area contributed by atoms with Crippen molar-refractivity contribution in [1.29, 1.82) is 0 Å². The second kappa shape index (κ2) is 13.4. The Morgan fingerprint density at radius 1 is 0.786 bits per heavy atom. The fourth-order valence-corrected chi connectivity index (χ4v) is 5.27. The summed E-state index contributed by atoms with van der Waals surface area (Å²) < 4.78 is 1.79. The molecule has 0 radical (unpaired) electrons. The molecule has 42 heavy (non-hydrogen) atoms. The third-order valence-corrected chi connectivity index (χ3v) is 7.56. The van der Waals surface area contributed by atoms with Crippen molar-refractivity contribution in [3.05, 3.63) is 129 Å². The first-order valence-corrected chi connectivity index (χ1v) is 14.9. The van der Waals surface area contributed by atoms with Crippen LogP contribution in [0.5, 0.6) is 0 Å². The molecule has 0 saturated carbocycles. The number of rotatable bonds is 4. The van der Waals surface area contributed by atoms with Crippen molar-refractivity contribution in [2.24, 2.45) is 0 Å². The second-order valence-corrected chi connectivity index (χ2v) is 10.3.